The largest absolute Gasteiger partial charge is 0.376 e. The average molecular weight is 274 g/mol. The summed E-state index contributed by atoms with van der Waals surface area (Å²) in [5.74, 6) is 0. The predicted molar refractivity (Wildman–Crippen MR) is 66.7 cm³/mol. The Hall–Kier alpha value is -0.500. The smallest absolute Gasteiger partial charge is 0.186 e. The highest BCUT2D eigenvalue weighted by molar-refractivity contribution is 5.18. The fourth-order valence-corrected chi connectivity index (χ4v) is 2.63. The lowest BCUT2D eigenvalue weighted by Gasteiger charge is -2.41. The molecule has 110 valence electrons. The van der Waals surface area contributed by atoms with Gasteiger partial charge in [0, 0.05) is 33.5 Å². The van der Waals surface area contributed by atoms with E-state index in [1.54, 1.807) is 21.3 Å². The molecule has 2 fully saturated rings. The van der Waals surface area contributed by atoms with E-state index in [4.69, 9.17) is 28.4 Å². The summed E-state index contributed by atoms with van der Waals surface area (Å²) in [5, 5.41) is 0. The molecule has 0 amide bonds. The van der Waals surface area contributed by atoms with Gasteiger partial charge >= 0.3 is 0 Å². The molecule has 2 aliphatic heterocycles. The molecular weight excluding hydrogens is 252 g/mol. The van der Waals surface area contributed by atoms with E-state index in [1.165, 1.54) is 0 Å². The topological polar surface area (TPSA) is 55.4 Å². The van der Waals surface area contributed by atoms with Crippen LogP contribution in [0.15, 0.2) is 12.2 Å². The van der Waals surface area contributed by atoms with Crippen molar-refractivity contribution in [2.45, 2.75) is 43.9 Å². The van der Waals surface area contributed by atoms with Gasteiger partial charge in [-0.05, 0) is 6.92 Å². The van der Waals surface area contributed by atoms with Gasteiger partial charge in [0.05, 0.1) is 0 Å². The Bertz CT molecular complexity index is 320. The first kappa shape index (κ1) is 14.9. The van der Waals surface area contributed by atoms with Crippen LogP contribution in [-0.4, -0.2) is 64.9 Å². The van der Waals surface area contributed by atoms with Crippen LogP contribution in [0.5, 0.6) is 0 Å². The van der Waals surface area contributed by atoms with Crippen LogP contribution in [0.25, 0.3) is 0 Å². The molecule has 0 spiro atoms. The van der Waals surface area contributed by atoms with Crippen molar-refractivity contribution < 1.29 is 28.4 Å². The average Bonchev–Trinajstić information content (AvgIpc) is 2.74. The van der Waals surface area contributed by atoms with Crippen LogP contribution in [0.1, 0.15) is 6.92 Å². The summed E-state index contributed by atoms with van der Waals surface area (Å²) < 4.78 is 33.4. The molecule has 19 heavy (non-hydrogen) atoms. The van der Waals surface area contributed by atoms with Crippen molar-refractivity contribution in [1.29, 1.82) is 0 Å². The summed E-state index contributed by atoms with van der Waals surface area (Å²) in [7, 11) is 4.78. The summed E-state index contributed by atoms with van der Waals surface area (Å²) >= 11 is 0. The number of methoxy groups -OCH3 is 3. The van der Waals surface area contributed by atoms with Gasteiger partial charge in [0.2, 0.25) is 0 Å². The van der Waals surface area contributed by atoms with Crippen LogP contribution in [0, 0.1) is 0 Å². The van der Waals surface area contributed by atoms with E-state index in [-0.39, 0.29) is 24.4 Å². The Morgan fingerprint density at radius 2 is 1.74 bits per heavy atom. The van der Waals surface area contributed by atoms with Gasteiger partial charge in [-0.25, -0.2) is 0 Å². The number of ether oxygens (including phenoxy) is 6. The normalized spacial score (nSPS) is 42.4. The molecule has 3 unspecified atom stereocenters. The van der Waals surface area contributed by atoms with Crippen molar-refractivity contribution in [3.05, 3.63) is 12.2 Å². The van der Waals surface area contributed by atoms with Crippen LogP contribution in [-0.2, 0) is 28.4 Å². The van der Waals surface area contributed by atoms with Crippen LogP contribution >= 0.6 is 0 Å². The Labute approximate surface area is 113 Å². The Morgan fingerprint density at radius 3 is 2.26 bits per heavy atom. The van der Waals surface area contributed by atoms with E-state index in [2.05, 4.69) is 6.58 Å². The second-order valence-electron chi connectivity index (χ2n) is 4.52. The van der Waals surface area contributed by atoms with E-state index in [1.807, 2.05) is 6.92 Å². The summed E-state index contributed by atoms with van der Waals surface area (Å²) in [6.45, 7) is 6.45. The molecule has 0 radical (unpaired) electrons. The first-order valence-corrected chi connectivity index (χ1v) is 6.37. The zero-order valence-electron chi connectivity index (χ0n) is 11.8. The molecule has 2 heterocycles. The van der Waals surface area contributed by atoms with E-state index in [9.17, 15) is 0 Å². The molecule has 2 saturated heterocycles. The number of hydrogen-bond acceptors (Lipinski definition) is 6. The lowest BCUT2D eigenvalue weighted by atomic mass is 9.96. The molecule has 6 atom stereocenters. The molecule has 6 nitrogen and oxygen atoms in total. The minimum atomic E-state index is -0.517. The van der Waals surface area contributed by atoms with E-state index in [0.29, 0.717) is 6.61 Å². The molecule has 2 rings (SSSR count). The summed E-state index contributed by atoms with van der Waals surface area (Å²) in [5.41, 5.74) is 0.755. The van der Waals surface area contributed by atoms with Crippen molar-refractivity contribution >= 4 is 0 Å². The SMILES string of the molecule is C=C1C(OCC)O[C@@H]2C1O[C@H](OC)[C@@H](OC)C2OC. The van der Waals surface area contributed by atoms with Gasteiger partial charge in [-0.1, -0.05) is 6.58 Å². The maximum Gasteiger partial charge on any atom is 0.186 e. The minimum Gasteiger partial charge on any atom is -0.376 e. The maximum absolute atomic E-state index is 5.85. The maximum atomic E-state index is 5.85. The molecule has 0 aromatic rings. The lowest BCUT2D eigenvalue weighted by Crippen LogP contribution is -2.58. The third kappa shape index (κ3) is 2.56. The highest BCUT2D eigenvalue weighted by atomic mass is 16.7. The third-order valence-corrected chi connectivity index (χ3v) is 3.54. The molecular formula is C13H22O6. The fourth-order valence-electron chi connectivity index (χ4n) is 2.63. The van der Waals surface area contributed by atoms with Gasteiger partial charge in [-0.3, -0.25) is 0 Å². The second kappa shape index (κ2) is 6.30. The molecule has 2 aliphatic rings. The van der Waals surface area contributed by atoms with Crippen molar-refractivity contribution in [2.24, 2.45) is 0 Å². The Kier molecular flexibility index (Phi) is 4.94. The van der Waals surface area contributed by atoms with Gasteiger partial charge in [0.15, 0.2) is 12.6 Å². The van der Waals surface area contributed by atoms with Crippen LogP contribution < -0.4 is 0 Å². The Balaban J connectivity index is 2.19. The van der Waals surface area contributed by atoms with Crippen LogP contribution in [0.4, 0.5) is 0 Å². The molecule has 0 bridgehead atoms. The van der Waals surface area contributed by atoms with Crippen molar-refractivity contribution in [3.63, 3.8) is 0 Å². The molecule has 0 aromatic carbocycles. The monoisotopic (exact) mass is 274 g/mol. The zero-order chi connectivity index (χ0) is 14.0. The number of rotatable bonds is 5. The van der Waals surface area contributed by atoms with Gasteiger partial charge < -0.3 is 28.4 Å². The fraction of sp³-hybridized carbons (Fsp3) is 0.846. The highest BCUT2D eigenvalue weighted by Gasteiger charge is 2.54. The molecule has 0 aliphatic carbocycles. The Morgan fingerprint density at radius 1 is 1.05 bits per heavy atom. The standard InChI is InChI=1S/C13H22O6/c1-6-17-12-7(2)8-10(19-12)9(14-3)11(15-4)13(16-5)18-8/h8-13H,2,6H2,1,3-5H3/t8?,9?,10-,11+,12?,13+/m1/s1. The quantitative estimate of drug-likeness (QED) is 0.688. The third-order valence-electron chi connectivity index (χ3n) is 3.54. The lowest BCUT2D eigenvalue weighted by molar-refractivity contribution is -0.291. The van der Waals surface area contributed by atoms with Gasteiger partial charge in [0.25, 0.3) is 0 Å². The molecule has 0 saturated carbocycles. The summed E-state index contributed by atoms with van der Waals surface area (Å²) in [4.78, 5) is 0. The van der Waals surface area contributed by atoms with Gasteiger partial charge in [-0.2, -0.15) is 0 Å². The van der Waals surface area contributed by atoms with E-state index >= 15 is 0 Å². The predicted octanol–water partition coefficient (Wildman–Crippen LogP) is 0.705. The van der Waals surface area contributed by atoms with Crippen molar-refractivity contribution in [1.82, 2.24) is 0 Å². The number of fused-ring (bicyclic) bond motifs is 1. The van der Waals surface area contributed by atoms with Crippen molar-refractivity contribution in [2.75, 3.05) is 27.9 Å². The summed E-state index contributed by atoms with van der Waals surface area (Å²) in [6, 6.07) is 0. The van der Waals surface area contributed by atoms with Crippen LogP contribution in [0.3, 0.4) is 0 Å². The van der Waals surface area contributed by atoms with E-state index < -0.39 is 12.6 Å². The molecule has 0 aromatic heterocycles. The second-order valence-corrected chi connectivity index (χ2v) is 4.52. The van der Waals surface area contributed by atoms with Crippen molar-refractivity contribution in [3.8, 4) is 0 Å². The van der Waals surface area contributed by atoms with E-state index in [0.717, 1.165) is 5.57 Å². The van der Waals surface area contributed by atoms with Gasteiger partial charge in [0.1, 0.15) is 24.4 Å². The van der Waals surface area contributed by atoms with Crippen LogP contribution in [0.2, 0.25) is 0 Å². The first-order chi connectivity index (χ1) is 9.17. The first-order valence-electron chi connectivity index (χ1n) is 6.37. The zero-order valence-corrected chi connectivity index (χ0v) is 11.8. The minimum absolute atomic E-state index is 0.295. The summed E-state index contributed by atoms with van der Waals surface area (Å²) in [6.07, 6.45) is -2.24. The number of hydrogen-bond donors (Lipinski definition) is 0. The molecule has 6 heteroatoms. The highest BCUT2D eigenvalue weighted by Crippen LogP contribution is 2.38. The van der Waals surface area contributed by atoms with Gasteiger partial charge in [-0.15, -0.1) is 0 Å². The molecule has 0 N–H and O–H groups in total.